The number of nitrogens with one attached hydrogen (secondary N) is 1. The van der Waals surface area contributed by atoms with Crippen LogP contribution in [0.25, 0.3) is 0 Å². The Morgan fingerprint density at radius 3 is 2.52 bits per heavy atom. The average molecular weight is 373 g/mol. The van der Waals surface area contributed by atoms with Gasteiger partial charge in [-0.2, -0.15) is 4.31 Å². The molecule has 0 atom stereocenters. The summed E-state index contributed by atoms with van der Waals surface area (Å²) in [5, 5.41) is 2.60. The first-order valence-corrected chi connectivity index (χ1v) is 9.22. The number of benzene rings is 1. The average Bonchev–Trinajstić information content (AvgIpc) is 2.65. The summed E-state index contributed by atoms with van der Waals surface area (Å²) >= 11 is 0. The van der Waals surface area contributed by atoms with Crippen molar-refractivity contribution in [3.63, 3.8) is 0 Å². The molecule has 0 aliphatic carbocycles. The molecule has 1 saturated heterocycles. The maximum atomic E-state index is 12.9. The van der Waals surface area contributed by atoms with Crippen molar-refractivity contribution in [1.82, 2.24) is 9.62 Å². The van der Waals surface area contributed by atoms with E-state index in [0.717, 1.165) is 0 Å². The van der Waals surface area contributed by atoms with E-state index in [0.29, 0.717) is 13.2 Å². The molecule has 0 saturated carbocycles. The van der Waals surface area contributed by atoms with Crippen LogP contribution in [0.15, 0.2) is 17.0 Å². The largest absolute Gasteiger partial charge is 0.493 e. The van der Waals surface area contributed by atoms with Crippen LogP contribution >= 0.6 is 0 Å². The van der Waals surface area contributed by atoms with Crippen molar-refractivity contribution in [3.8, 4) is 11.5 Å². The number of methoxy groups -OCH3 is 2. The Bertz CT molecular complexity index is 716. The minimum atomic E-state index is -3.78. The number of carbonyl (C=O) groups is 1. The third-order valence-electron chi connectivity index (χ3n) is 3.73. The summed E-state index contributed by atoms with van der Waals surface area (Å²) in [6.45, 7) is 1.69. The fraction of sp³-hybridized carbons (Fsp3) is 0.533. The maximum absolute atomic E-state index is 12.9. The van der Waals surface area contributed by atoms with Gasteiger partial charge >= 0.3 is 0 Å². The molecule has 1 aliphatic heterocycles. The molecular formula is C15H23N3O6S. The molecule has 3 N–H and O–H groups in total. The van der Waals surface area contributed by atoms with Crippen LogP contribution in [0.3, 0.4) is 0 Å². The van der Waals surface area contributed by atoms with Gasteiger partial charge in [0.2, 0.25) is 10.0 Å². The molecule has 0 spiro atoms. The van der Waals surface area contributed by atoms with Gasteiger partial charge in [-0.3, -0.25) is 4.79 Å². The number of ether oxygens (including phenoxy) is 3. The molecule has 0 aromatic heterocycles. The Morgan fingerprint density at radius 1 is 1.28 bits per heavy atom. The highest BCUT2D eigenvalue weighted by Crippen LogP contribution is 2.35. The zero-order chi connectivity index (χ0) is 18.4. The molecule has 25 heavy (non-hydrogen) atoms. The number of sulfonamides is 1. The fourth-order valence-corrected chi connectivity index (χ4v) is 3.92. The number of rotatable bonds is 7. The van der Waals surface area contributed by atoms with E-state index in [1.165, 1.54) is 30.7 Å². The van der Waals surface area contributed by atoms with Crippen LogP contribution in [0.1, 0.15) is 10.4 Å². The van der Waals surface area contributed by atoms with Crippen molar-refractivity contribution < 1.29 is 27.4 Å². The molecule has 1 aromatic rings. The second kappa shape index (κ2) is 8.48. The zero-order valence-electron chi connectivity index (χ0n) is 14.3. The molecule has 0 radical (unpaired) electrons. The number of amides is 1. The molecule has 1 fully saturated rings. The summed E-state index contributed by atoms with van der Waals surface area (Å²) in [6, 6.07) is 2.64. The second-order valence-electron chi connectivity index (χ2n) is 5.27. The number of nitrogens with two attached hydrogens (primary N) is 1. The van der Waals surface area contributed by atoms with E-state index < -0.39 is 15.9 Å². The van der Waals surface area contributed by atoms with Crippen LogP contribution < -0.4 is 20.5 Å². The Kier molecular flexibility index (Phi) is 6.59. The van der Waals surface area contributed by atoms with Crippen LogP contribution in [-0.4, -0.2) is 72.2 Å². The number of hydrogen-bond acceptors (Lipinski definition) is 7. The highest BCUT2D eigenvalue weighted by atomic mass is 32.2. The SMILES string of the molecule is COc1cc(S(=O)(=O)N2CCOCC2)cc(C(=O)NCCN)c1OC. The zero-order valence-corrected chi connectivity index (χ0v) is 15.1. The van der Waals surface area contributed by atoms with Crippen molar-refractivity contribution >= 4 is 15.9 Å². The topological polar surface area (TPSA) is 120 Å². The first-order valence-electron chi connectivity index (χ1n) is 7.78. The standard InChI is InChI=1S/C15H23N3O6S/c1-22-13-10-11(25(20,21)18-5-7-24-8-6-18)9-12(14(13)23-2)15(19)17-4-3-16/h9-10H,3-8,16H2,1-2H3,(H,17,19). The molecule has 2 rings (SSSR count). The third kappa shape index (κ3) is 4.21. The van der Waals surface area contributed by atoms with Gasteiger partial charge in [-0.25, -0.2) is 8.42 Å². The van der Waals surface area contributed by atoms with Crippen LogP contribution in [-0.2, 0) is 14.8 Å². The van der Waals surface area contributed by atoms with Gasteiger partial charge in [0, 0.05) is 32.2 Å². The van der Waals surface area contributed by atoms with Crippen molar-refractivity contribution in [3.05, 3.63) is 17.7 Å². The summed E-state index contributed by atoms with van der Waals surface area (Å²) in [6.07, 6.45) is 0. The number of nitrogens with zero attached hydrogens (tertiary/aromatic N) is 1. The van der Waals surface area contributed by atoms with Gasteiger partial charge < -0.3 is 25.3 Å². The maximum Gasteiger partial charge on any atom is 0.255 e. The lowest BCUT2D eigenvalue weighted by Crippen LogP contribution is -2.40. The van der Waals surface area contributed by atoms with Gasteiger partial charge in [0.25, 0.3) is 5.91 Å². The minimum Gasteiger partial charge on any atom is -0.493 e. The Balaban J connectivity index is 2.49. The van der Waals surface area contributed by atoms with Gasteiger partial charge in [0.1, 0.15) is 0 Å². The Hall–Kier alpha value is -1.88. The first kappa shape index (κ1) is 19.4. The summed E-state index contributed by atoms with van der Waals surface area (Å²) in [7, 11) is -1.02. The van der Waals surface area contributed by atoms with E-state index in [1.807, 2.05) is 0 Å². The molecule has 0 bridgehead atoms. The smallest absolute Gasteiger partial charge is 0.255 e. The van der Waals surface area contributed by atoms with E-state index in [9.17, 15) is 13.2 Å². The number of morpholine rings is 1. The molecule has 9 nitrogen and oxygen atoms in total. The molecule has 0 unspecified atom stereocenters. The molecule has 1 amide bonds. The van der Waals surface area contributed by atoms with Crippen molar-refractivity contribution in [2.75, 3.05) is 53.6 Å². The molecular weight excluding hydrogens is 350 g/mol. The van der Waals surface area contributed by atoms with Crippen molar-refractivity contribution in [2.45, 2.75) is 4.90 Å². The predicted octanol–water partition coefficient (Wildman–Crippen LogP) is -0.587. The molecule has 140 valence electrons. The van der Waals surface area contributed by atoms with E-state index >= 15 is 0 Å². The summed E-state index contributed by atoms with van der Waals surface area (Å²) in [5.41, 5.74) is 5.46. The second-order valence-corrected chi connectivity index (χ2v) is 7.21. The molecule has 1 aromatic carbocycles. The Morgan fingerprint density at radius 2 is 1.96 bits per heavy atom. The first-order chi connectivity index (χ1) is 12.0. The van der Waals surface area contributed by atoms with E-state index in [4.69, 9.17) is 19.9 Å². The predicted molar refractivity (Wildman–Crippen MR) is 90.5 cm³/mol. The highest BCUT2D eigenvalue weighted by molar-refractivity contribution is 7.89. The normalized spacial score (nSPS) is 15.6. The van der Waals surface area contributed by atoms with E-state index in [-0.39, 0.29) is 48.1 Å². The van der Waals surface area contributed by atoms with Gasteiger partial charge in [-0.15, -0.1) is 0 Å². The van der Waals surface area contributed by atoms with Gasteiger partial charge in [-0.1, -0.05) is 0 Å². The lowest BCUT2D eigenvalue weighted by atomic mass is 10.1. The van der Waals surface area contributed by atoms with Crippen LogP contribution in [0.4, 0.5) is 0 Å². The number of hydrogen-bond donors (Lipinski definition) is 2. The van der Waals surface area contributed by atoms with Crippen molar-refractivity contribution in [2.24, 2.45) is 5.73 Å². The van der Waals surface area contributed by atoms with E-state index in [1.54, 1.807) is 0 Å². The summed E-state index contributed by atoms with van der Waals surface area (Å²) in [4.78, 5) is 12.3. The lowest BCUT2D eigenvalue weighted by molar-refractivity contribution is 0.0730. The van der Waals surface area contributed by atoms with Gasteiger partial charge in [0.15, 0.2) is 11.5 Å². The van der Waals surface area contributed by atoms with Gasteiger partial charge in [-0.05, 0) is 6.07 Å². The molecule has 10 heteroatoms. The summed E-state index contributed by atoms with van der Waals surface area (Å²) in [5.74, 6) is -0.160. The third-order valence-corrected chi connectivity index (χ3v) is 5.61. The minimum absolute atomic E-state index is 0.0371. The quantitative estimate of drug-likeness (QED) is 0.655. The van der Waals surface area contributed by atoms with Crippen LogP contribution in [0, 0.1) is 0 Å². The number of carbonyl (C=O) groups excluding carboxylic acids is 1. The molecule has 1 heterocycles. The Labute approximate surface area is 147 Å². The molecule has 1 aliphatic rings. The van der Waals surface area contributed by atoms with Crippen molar-refractivity contribution in [1.29, 1.82) is 0 Å². The van der Waals surface area contributed by atoms with Gasteiger partial charge in [0.05, 0.1) is 37.9 Å². The lowest BCUT2D eigenvalue weighted by Gasteiger charge is -2.26. The van der Waals surface area contributed by atoms with Crippen LogP contribution in [0.2, 0.25) is 0 Å². The fourth-order valence-electron chi connectivity index (χ4n) is 2.47. The monoisotopic (exact) mass is 373 g/mol. The van der Waals surface area contributed by atoms with Crippen LogP contribution in [0.5, 0.6) is 11.5 Å². The van der Waals surface area contributed by atoms with E-state index in [2.05, 4.69) is 5.32 Å². The summed E-state index contributed by atoms with van der Waals surface area (Å²) < 4.78 is 42.7. The highest BCUT2D eigenvalue weighted by Gasteiger charge is 2.29.